The van der Waals surface area contributed by atoms with Gasteiger partial charge in [-0.25, -0.2) is 9.59 Å². The van der Waals surface area contributed by atoms with E-state index in [-0.39, 0.29) is 18.6 Å². The lowest BCUT2D eigenvalue weighted by Crippen LogP contribution is -2.52. The third-order valence-electron chi connectivity index (χ3n) is 5.17. The maximum absolute atomic E-state index is 12.8. The number of phenols is 1. The Labute approximate surface area is 226 Å². The number of phenolic OH excluding ortho intramolecular Hbond substituents is 1. The van der Waals surface area contributed by atoms with Gasteiger partial charge in [0.05, 0.1) is 13.1 Å². The van der Waals surface area contributed by atoms with Crippen molar-refractivity contribution in [2.24, 2.45) is 0 Å². The normalized spacial score (nSPS) is 12.4. The first-order valence-corrected chi connectivity index (χ1v) is 12.2. The summed E-state index contributed by atoms with van der Waals surface area (Å²) in [5.74, 6) is -3.27. The van der Waals surface area contributed by atoms with E-state index in [1.807, 2.05) is 0 Å². The van der Waals surface area contributed by atoms with Crippen LogP contribution in [0.2, 0.25) is 0 Å². The summed E-state index contributed by atoms with van der Waals surface area (Å²) in [7, 11) is 0. The number of nitrogens with one attached hydrogen (secondary N) is 4. The Kier molecular flexibility index (Phi) is 11.3. The van der Waals surface area contributed by atoms with Gasteiger partial charge in [-0.15, -0.1) is 0 Å². The monoisotopic (exact) mass is 542 g/mol. The third-order valence-corrected chi connectivity index (χ3v) is 5.17. The summed E-state index contributed by atoms with van der Waals surface area (Å²) >= 11 is 0. The number of carbonyl (C=O) groups excluding carboxylic acids is 4. The number of hydrogen-bond acceptors (Lipinski definition) is 7. The Hall–Kier alpha value is -4.61. The van der Waals surface area contributed by atoms with Crippen molar-refractivity contribution in [2.75, 3.05) is 13.1 Å². The van der Waals surface area contributed by atoms with Crippen LogP contribution in [-0.4, -0.2) is 70.8 Å². The SMILES string of the molecule is CC(C)(C)OC(=O)NC(Cc1ccc(O)cc1)C(=O)NCC(=O)NCC(=O)NC(Cc1ccccc1)C(=O)O. The predicted octanol–water partition coefficient (Wildman–Crippen LogP) is 0.873. The van der Waals surface area contributed by atoms with Gasteiger partial charge >= 0.3 is 12.1 Å². The van der Waals surface area contributed by atoms with Gasteiger partial charge in [-0.2, -0.15) is 0 Å². The van der Waals surface area contributed by atoms with Gasteiger partial charge in [-0.3, -0.25) is 14.4 Å². The molecule has 12 nitrogen and oxygen atoms in total. The predicted molar refractivity (Wildman–Crippen MR) is 141 cm³/mol. The molecule has 0 saturated heterocycles. The topological polar surface area (TPSA) is 183 Å². The van der Waals surface area contributed by atoms with Crippen molar-refractivity contribution in [3.8, 4) is 5.75 Å². The fourth-order valence-corrected chi connectivity index (χ4v) is 3.35. The van der Waals surface area contributed by atoms with Gasteiger partial charge in [0.1, 0.15) is 23.4 Å². The van der Waals surface area contributed by atoms with Crippen LogP contribution in [0.4, 0.5) is 4.79 Å². The second-order valence-corrected chi connectivity index (χ2v) is 9.71. The highest BCUT2D eigenvalue weighted by Gasteiger charge is 2.25. The number of rotatable bonds is 12. The van der Waals surface area contributed by atoms with Crippen LogP contribution in [0.25, 0.3) is 0 Å². The summed E-state index contributed by atoms with van der Waals surface area (Å²) in [6.45, 7) is 4.01. The summed E-state index contributed by atoms with van der Waals surface area (Å²) < 4.78 is 5.22. The smallest absolute Gasteiger partial charge is 0.408 e. The lowest BCUT2D eigenvalue weighted by molar-refractivity contribution is -0.141. The molecule has 0 fully saturated rings. The second-order valence-electron chi connectivity index (χ2n) is 9.71. The Balaban J connectivity index is 1.89. The van der Waals surface area contributed by atoms with Gasteiger partial charge in [0.25, 0.3) is 0 Å². The second kappa shape index (κ2) is 14.4. The van der Waals surface area contributed by atoms with E-state index < -0.39 is 60.6 Å². The van der Waals surface area contributed by atoms with E-state index in [1.54, 1.807) is 63.2 Å². The van der Waals surface area contributed by atoms with Gasteiger partial charge in [0.15, 0.2) is 0 Å². The van der Waals surface area contributed by atoms with Gasteiger partial charge < -0.3 is 36.2 Å². The van der Waals surface area contributed by atoms with Gasteiger partial charge in [-0.1, -0.05) is 42.5 Å². The van der Waals surface area contributed by atoms with Crippen LogP contribution in [0.1, 0.15) is 31.9 Å². The average Bonchev–Trinajstić information content (AvgIpc) is 2.86. The number of carboxylic acid groups (broad SMARTS) is 1. The molecule has 0 heterocycles. The first-order chi connectivity index (χ1) is 18.3. The first-order valence-electron chi connectivity index (χ1n) is 12.2. The number of benzene rings is 2. The third kappa shape index (κ3) is 12.0. The fraction of sp³-hybridized carbons (Fsp3) is 0.370. The molecule has 2 aromatic rings. The highest BCUT2D eigenvalue weighted by molar-refractivity contribution is 5.91. The largest absolute Gasteiger partial charge is 0.508 e. The van der Waals surface area contributed by atoms with Crippen molar-refractivity contribution in [3.05, 3.63) is 65.7 Å². The zero-order valence-corrected chi connectivity index (χ0v) is 22.0. The van der Waals surface area contributed by atoms with E-state index in [9.17, 15) is 34.2 Å². The van der Waals surface area contributed by atoms with Crippen molar-refractivity contribution in [1.29, 1.82) is 0 Å². The van der Waals surface area contributed by atoms with Crippen LogP contribution in [-0.2, 0) is 36.8 Å². The molecule has 0 bridgehead atoms. The number of aromatic hydroxyl groups is 1. The first kappa shape index (κ1) is 30.6. The molecule has 0 radical (unpaired) electrons. The van der Waals surface area contributed by atoms with Crippen LogP contribution in [0.15, 0.2) is 54.6 Å². The number of hydrogen-bond donors (Lipinski definition) is 6. The summed E-state index contributed by atoms with van der Waals surface area (Å²) in [6, 6.07) is 12.5. The molecule has 6 N–H and O–H groups in total. The molecule has 2 unspecified atom stereocenters. The summed E-state index contributed by atoms with van der Waals surface area (Å²) in [6.07, 6.45) is -0.710. The maximum atomic E-state index is 12.8. The molecule has 12 heteroatoms. The van der Waals surface area contributed by atoms with Crippen molar-refractivity contribution < 1.29 is 38.9 Å². The Morgan fingerprint density at radius 1 is 0.769 bits per heavy atom. The lowest BCUT2D eigenvalue weighted by atomic mass is 10.1. The summed E-state index contributed by atoms with van der Waals surface area (Å²) in [5.41, 5.74) is 0.553. The number of carboxylic acids is 1. The molecule has 39 heavy (non-hydrogen) atoms. The van der Waals surface area contributed by atoms with Gasteiger partial charge in [-0.05, 0) is 44.0 Å². The van der Waals surface area contributed by atoms with Crippen molar-refractivity contribution in [1.82, 2.24) is 21.3 Å². The molecule has 0 aliphatic rings. The molecule has 0 saturated carbocycles. The number of alkyl carbamates (subject to hydrolysis) is 1. The minimum Gasteiger partial charge on any atom is -0.508 e. The fourth-order valence-electron chi connectivity index (χ4n) is 3.35. The van der Waals surface area contributed by atoms with E-state index in [0.29, 0.717) is 5.56 Å². The average molecular weight is 543 g/mol. The number of carbonyl (C=O) groups is 5. The van der Waals surface area contributed by atoms with Crippen molar-refractivity contribution >= 4 is 29.8 Å². The Bertz CT molecular complexity index is 1150. The highest BCUT2D eigenvalue weighted by Crippen LogP contribution is 2.12. The molecule has 0 aliphatic carbocycles. The molecule has 2 aromatic carbocycles. The summed E-state index contributed by atoms with van der Waals surface area (Å²) in [5, 5.41) is 28.4. The van der Waals surface area contributed by atoms with Crippen LogP contribution in [0, 0.1) is 0 Å². The lowest BCUT2D eigenvalue weighted by Gasteiger charge is -2.23. The van der Waals surface area contributed by atoms with Crippen LogP contribution in [0.3, 0.4) is 0 Å². The van der Waals surface area contributed by atoms with Crippen LogP contribution >= 0.6 is 0 Å². The zero-order valence-electron chi connectivity index (χ0n) is 22.0. The highest BCUT2D eigenvalue weighted by atomic mass is 16.6. The molecule has 0 aromatic heterocycles. The number of aliphatic carboxylic acids is 1. The quantitative estimate of drug-likeness (QED) is 0.228. The van der Waals surface area contributed by atoms with Crippen molar-refractivity contribution in [3.63, 3.8) is 0 Å². The van der Waals surface area contributed by atoms with Gasteiger partial charge in [0, 0.05) is 12.8 Å². The molecule has 2 rings (SSSR count). The molecule has 0 aliphatic heterocycles. The molecular weight excluding hydrogens is 508 g/mol. The summed E-state index contributed by atoms with van der Waals surface area (Å²) in [4.78, 5) is 61.0. The standard InChI is InChI=1S/C27H34N4O8/c1-27(2,3)39-26(38)31-20(13-18-9-11-19(32)12-10-18)24(35)29-15-22(33)28-16-23(34)30-21(25(36)37)14-17-7-5-4-6-8-17/h4-12,20-21,32H,13-16H2,1-3H3,(H,28,33)(H,29,35)(H,30,34)(H,31,38)(H,36,37). The van der Waals surface area contributed by atoms with Gasteiger partial charge in [0.2, 0.25) is 17.7 Å². The van der Waals surface area contributed by atoms with E-state index in [4.69, 9.17) is 4.74 Å². The number of amides is 4. The Morgan fingerprint density at radius 3 is 1.92 bits per heavy atom. The van der Waals surface area contributed by atoms with Crippen LogP contribution < -0.4 is 21.3 Å². The van der Waals surface area contributed by atoms with Crippen molar-refractivity contribution in [2.45, 2.75) is 51.3 Å². The Morgan fingerprint density at radius 2 is 1.33 bits per heavy atom. The molecule has 4 amide bonds. The van der Waals surface area contributed by atoms with E-state index in [0.717, 1.165) is 5.56 Å². The van der Waals surface area contributed by atoms with Crippen LogP contribution in [0.5, 0.6) is 5.75 Å². The zero-order chi connectivity index (χ0) is 29.0. The van der Waals surface area contributed by atoms with E-state index >= 15 is 0 Å². The van der Waals surface area contributed by atoms with E-state index in [2.05, 4.69) is 21.3 Å². The minimum absolute atomic E-state index is 0.0373. The van der Waals surface area contributed by atoms with E-state index in [1.165, 1.54) is 12.1 Å². The molecular formula is C27H34N4O8. The molecule has 0 spiro atoms. The number of ether oxygens (including phenoxy) is 1. The maximum Gasteiger partial charge on any atom is 0.408 e. The molecule has 2 atom stereocenters. The minimum atomic E-state index is -1.22. The molecule has 210 valence electrons.